The number of rotatable bonds is 6. The van der Waals surface area contributed by atoms with Gasteiger partial charge in [0.15, 0.2) is 0 Å². The number of carboxylic acid groups (broad SMARTS) is 1. The summed E-state index contributed by atoms with van der Waals surface area (Å²) >= 11 is 0. The van der Waals surface area contributed by atoms with Gasteiger partial charge in [0.05, 0.1) is 5.56 Å². The first-order chi connectivity index (χ1) is 8.55. The molecule has 0 spiro atoms. The molecule has 0 amide bonds. The van der Waals surface area contributed by atoms with Crippen LogP contribution in [0.3, 0.4) is 0 Å². The van der Waals surface area contributed by atoms with Crippen LogP contribution in [0.4, 0.5) is 0 Å². The van der Waals surface area contributed by atoms with Crippen LogP contribution in [0.2, 0.25) is 0 Å². The van der Waals surface area contributed by atoms with Gasteiger partial charge in [0.25, 0.3) is 0 Å². The van der Waals surface area contributed by atoms with Crippen LogP contribution in [0.5, 0.6) is 0 Å². The van der Waals surface area contributed by atoms with Crippen molar-refractivity contribution in [2.45, 2.75) is 33.2 Å². The van der Waals surface area contributed by atoms with Gasteiger partial charge in [-0.25, -0.2) is 4.79 Å². The number of hydrogen-bond acceptors (Lipinski definition) is 2. The van der Waals surface area contributed by atoms with Gasteiger partial charge in [-0.05, 0) is 35.8 Å². The highest BCUT2D eigenvalue weighted by atomic mass is 16.4. The van der Waals surface area contributed by atoms with Crippen LogP contribution in [-0.2, 0) is 6.54 Å². The van der Waals surface area contributed by atoms with Crippen LogP contribution >= 0.6 is 0 Å². The number of hydrogen-bond donors (Lipinski definition) is 2. The zero-order valence-corrected chi connectivity index (χ0v) is 11.1. The fourth-order valence-corrected chi connectivity index (χ4v) is 2.45. The average Bonchev–Trinajstić information content (AvgIpc) is 3.10. The minimum absolute atomic E-state index is 0.402. The predicted molar refractivity (Wildman–Crippen MR) is 71.6 cm³/mol. The van der Waals surface area contributed by atoms with Gasteiger partial charge < -0.3 is 10.4 Å². The van der Waals surface area contributed by atoms with E-state index in [1.807, 2.05) is 12.1 Å². The third kappa shape index (κ3) is 2.72. The van der Waals surface area contributed by atoms with E-state index in [0.29, 0.717) is 23.4 Å². The summed E-state index contributed by atoms with van der Waals surface area (Å²) in [6, 6.07) is 7.20. The van der Waals surface area contributed by atoms with E-state index in [9.17, 15) is 4.79 Å². The van der Waals surface area contributed by atoms with Gasteiger partial charge in [0, 0.05) is 13.1 Å². The topological polar surface area (TPSA) is 49.3 Å². The summed E-state index contributed by atoms with van der Waals surface area (Å²) in [6.45, 7) is 6.15. The van der Waals surface area contributed by atoms with Gasteiger partial charge in [-0.2, -0.15) is 0 Å². The summed E-state index contributed by atoms with van der Waals surface area (Å²) < 4.78 is 0. The summed E-state index contributed by atoms with van der Waals surface area (Å²) in [5.74, 6) is -0.155. The highest BCUT2D eigenvalue weighted by Crippen LogP contribution is 2.51. The Morgan fingerprint density at radius 2 is 2.06 bits per heavy atom. The van der Waals surface area contributed by atoms with Gasteiger partial charge in [0.1, 0.15) is 0 Å². The predicted octanol–water partition coefficient (Wildman–Crippen LogP) is 2.91. The van der Waals surface area contributed by atoms with E-state index < -0.39 is 5.97 Å². The Hall–Kier alpha value is -1.35. The molecule has 18 heavy (non-hydrogen) atoms. The van der Waals surface area contributed by atoms with Crippen molar-refractivity contribution in [2.75, 3.05) is 6.54 Å². The van der Waals surface area contributed by atoms with Crippen LogP contribution in [0, 0.1) is 11.3 Å². The molecule has 2 rings (SSSR count). The number of nitrogens with one attached hydrogen (secondary N) is 1. The lowest BCUT2D eigenvalue weighted by molar-refractivity contribution is 0.0695. The molecule has 98 valence electrons. The van der Waals surface area contributed by atoms with Crippen molar-refractivity contribution in [3.05, 3.63) is 35.4 Å². The Balaban J connectivity index is 1.93. The first-order valence-corrected chi connectivity index (χ1v) is 6.57. The van der Waals surface area contributed by atoms with Crippen molar-refractivity contribution >= 4 is 5.97 Å². The third-order valence-corrected chi connectivity index (χ3v) is 4.16. The standard InChI is InChI=1S/C15H21NO2/c1-11(2)15(7-8-15)10-16-9-12-5-3-4-6-13(12)14(17)18/h3-6,11,16H,7-10H2,1-2H3,(H,17,18). The quantitative estimate of drug-likeness (QED) is 0.812. The molecule has 1 aliphatic carbocycles. The fourth-order valence-electron chi connectivity index (χ4n) is 2.45. The number of aromatic carboxylic acids is 1. The molecule has 1 aliphatic rings. The van der Waals surface area contributed by atoms with E-state index in [1.54, 1.807) is 12.1 Å². The lowest BCUT2D eigenvalue weighted by Crippen LogP contribution is -2.27. The van der Waals surface area contributed by atoms with Gasteiger partial charge in [-0.3, -0.25) is 0 Å². The Labute approximate surface area is 108 Å². The number of carbonyl (C=O) groups is 1. The summed E-state index contributed by atoms with van der Waals surface area (Å²) in [5, 5.41) is 12.5. The maximum Gasteiger partial charge on any atom is 0.336 e. The summed E-state index contributed by atoms with van der Waals surface area (Å²) in [7, 11) is 0. The van der Waals surface area contributed by atoms with Crippen molar-refractivity contribution in [1.29, 1.82) is 0 Å². The van der Waals surface area contributed by atoms with Crippen molar-refractivity contribution < 1.29 is 9.90 Å². The second-order valence-electron chi connectivity index (χ2n) is 5.58. The molecule has 3 heteroatoms. The maximum absolute atomic E-state index is 11.1. The Morgan fingerprint density at radius 3 is 2.61 bits per heavy atom. The van der Waals surface area contributed by atoms with E-state index >= 15 is 0 Å². The second-order valence-corrected chi connectivity index (χ2v) is 5.58. The maximum atomic E-state index is 11.1. The summed E-state index contributed by atoms with van der Waals surface area (Å²) in [4.78, 5) is 11.1. The molecule has 0 radical (unpaired) electrons. The van der Waals surface area contributed by atoms with Crippen molar-refractivity contribution in [1.82, 2.24) is 5.32 Å². The normalized spacial score (nSPS) is 16.8. The van der Waals surface area contributed by atoms with Crippen LogP contribution in [0.1, 0.15) is 42.6 Å². The lowest BCUT2D eigenvalue weighted by atomic mass is 9.92. The molecule has 3 nitrogen and oxygen atoms in total. The second kappa shape index (κ2) is 5.11. The molecule has 0 bridgehead atoms. The Morgan fingerprint density at radius 1 is 1.39 bits per heavy atom. The molecule has 1 fully saturated rings. The van der Waals surface area contributed by atoms with Crippen molar-refractivity contribution in [3.63, 3.8) is 0 Å². The van der Waals surface area contributed by atoms with Gasteiger partial charge in [0.2, 0.25) is 0 Å². The minimum Gasteiger partial charge on any atom is -0.478 e. The first-order valence-electron chi connectivity index (χ1n) is 6.57. The molecule has 0 heterocycles. The molecule has 0 unspecified atom stereocenters. The largest absolute Gasteiger partial charge is 0.478 e. The third-order valence-electron chi connectivity index (χ3n) is 4.16. The SMILES string of the molecule is CC(C)C1(CNCc2ccccc2C(=O)O)CC1. The molecule has 0 aliphatic heterocycles. The van der Waals surface area contributed by atoms with E-state index in [1.165, 1.54) is 12.8 Å². The first kappa shape index (κ1) is 13.1. The van der Waals surface area contributed by atoms with E-state index in [4.69, 9.17) is 5.11 Å². The van der Waals surface area contributed by atoms with Gasteiger partial charge in [-0.1, -0.05) is 32.0 Å². The molecule has 1 saturated carbocycles. The zero-order valence-electron chi connectivity index (χ0n) is 11.1. The fraction of sp³-hybridized carbons (Fsp3) is 0.533. The molecule has 2 N–H and O–H groups in total. The molecule has 1 aromatic rings. The summed E-state index contributed by atoms with van der Waals surface area (Å²) in [5.41, 5.74) is 1.72. The highest BCUT2D eigenvalue weighted by Gasteiger charge is 2.44. The zero-order chi connectivity index (χ0) is 13.2. The van der Waals surface area contributed by atoms with E-state index in [0.717, 1.165) is 12.1 Å². The van der Waals surface area contributed by atoms with Crippen molar-refractivity contribution in [3.8, 4) is 0 Å². The smallest absolute Gasteiger partial charge is 0.336 e. The van der Waals surface area contributed by atoms with Crippen LogP contribution < -0.4 is 5.32 Å². The van der Waals surface area contributed by atoms with Crippen molar-refractivity contribution in [2.24, 2.45) is 11.3 Å². The highest BCUT2D eigenvalue weighted by molar-refractivity contribution is 5.89. The van der Waals surface area contributed by atoms with Gasteiger partial charge >= 0.3 is 5.97 Å². The van der Waals surface area contributed by atoms with Crippen LogP contribution in [-0.4, -0.2) is 17.6 Å². The van der Waals surface area contributed by atoms with E-state index in [-0.39, 0.29) is 0 Å². The molecule has 0 aromatic heterocycles. The molecule has 0 atom stereocenters. The monoisotopic (exact) mass is 247 g/mol. The molecule has 0 saturated heterocycles. The van der Waals surface area contributed by atoms with E-state index in [2.05, 4.69) is 19.2 Å². The Bertz CT molecular complexity index is 436. The number of benzene rings is 1. The van der Waals surface area contributed by atoms with Gasteiger partial charge in [-0.15, -0.1) is 0 Å². The number of carboxylic acids is 1. The lowest BCUT2D eigenvalue weighted by Gasteiger charge is -2.20. The molecular weight excluding hydrogens is 226 g/mol. The molecule has 1 aromatic carbocycles. The Kier molecular flexibility index (Phi) is 3.71. The van der Waals surface area contributed by atoms with Crippen LogP contribution in [0.15, 0.2) is 24.3 Å². The minimum atomic E-state index is -0.850. The van der Waals surface area contributed by atoms with Crippen LogP contribution in [0.25, 0.3) is 0 Å². The molecular formula is C15H21NO2. The average molecular weight is 247 g/mol. The summed E-state index contributed by atoms with van der Waals surface area (Å²) in [6.07, 6.45) is 2.58.